The van der Waals surface area contributed by atoms with Crippen LogP contribution in [0.4, 0.5) is 5.82 Å². The van der Waals surface area contributed by atoms with E-state index in [0.717, 1.165) is 35.6 Å². The fourth-order valence-electron chi connectivity index (χ4n) is 3.71. The summed E-state index contributed by atoms with van der Waals surface area (Å²) in [5.41, 5.74) is 3.25. The highest BCUT2D eigenvalue weighted by atomic mass is 16.5. The van der Waals surface area contributed by atoms with Crippen LogP contribution in [0, 0.1) is 11.3 Å². The molecule has 28 heavy (non-hydrogen) atoms. The number of nitrogens with zero attached hydrogens (tertiary/aromatic N) is 3. The molecular formula is C22H25N3O3. The Bertz CT molecular complexity index is 884. The summed E-state index contributed by atoms with van der Waals surface area (Å²) in [5, 5.41) is 9.90. The van der Waals surface area contributed by atoms with E-state index in [-0.39, 0.29) is 5.60 Å². The van der Waals surface area contributed by atoms with Crippen molar-refractivity contribution in [3.05, 3.63) is 52.6 Å². The van der Waals surface area contributed by atoms with Crippen molar-refractivity contribution in [2.24, 2.45) is 0 Å². The first-order valence-electron chi connectivity index (χ1n) is 9.66. The lowest BCUT2D eigenvalue weighted by Crippen LogP contribution is -2.39. The minimum atomic E-state index is -0.321. The van der Waals surface area contributed by atoms with Gasteiger partial charge in [0.1, 0.15) is 24.1 Å². The highest BCUT2D eigenvalue weighted by Crippen LogP contribution is 2.38. The lowest BCUT2D eigenvalue weighted by atomic mass is 9.89. The number of nitriles is 1. The third-order valence-corrected chi connectivity index (χ3v) is 5.21. The summed E-state index contributed by atoms with van der Waals surface area (Å²) in [5.74, 6) is 1.26. The Kier molecular flexibility index (Phi) is 5.21. The van der Waals surface area contributed by atoms with E-state index in [9.17, 15) is 5.26 Å². The van der Waals surface area contributed by atoms with Gasteiger partial charge in [-0.1, -0.05) is 30.3 Å². The molecule has 146 valence electrons. The van der Waals surface area contributed by atoms with Crippen LogP contribution in [-0.2, 0) is 29.1 Å². The second kappa shape index (κ2) is 7.78. The van der Waals surface area contributed by atoms with E-state index in [1.807, 2.05) is 30.3 Å². The van der Waals surface area contributed by atoms with Crippen molar-refractivity contribution in [3.63, 3.8) is 0 Å². The van der Waals surface area contributed by atoms with E-state index in [0.29, 0.717) is 44.3 Å². The van der Waals surface area contributed by atoms with E-state index in [4.69, 9.17) is 19.2 Å². The van der Waals surface area contributed by atoms with E-state index in [1.165, 1.54) is 0 Å². The third-order valence-electron chi connectivity index (χ3n) is 5.21. The van der Waals surface area contributed by atoms with Crippen LogP contribution in [0.5, 0.6) is 5.88 Å². The van der Waals surface area contributed by atoms with Crippen LogP contribution >= 0.6 is 0 Å². The third kappa shape index (κ3) is 3.82. The van der Waals surface area contributed by atoms with Crippen molar-refractivity contribution in [2.75, 3.05) is 31.2 Å². The fraction of sp³-hybridized carbons (Fsp3) is 0.455. The molecule has 0 radical (unpaired) electrons. The standard InChI is InChI=1S/C22H25N3O3/c1-22(2)12-17-18(13-23)21(27-14-16-6-4-3-5-7-16)24-20(19(17)15-28-22)25-8-10-26-11-9-25/h3-7H,8-12,14-15H2,1-2H3. The number of rotatable bonds is 4. The molecule has 6 nitrogen and oxygen atoms in total. The van der Waals surface area contributed by atoms with E-state index < -0.39 is 0 Å². The van der Waals surface area contributed by atoms with Gasteiger partial charge in [0, 0.05) is 25.1 Å². The van der Waals surface area contributed by atoms with Gasteiger partial charge in [0.2, 0.25) is 5.88 Å². The van der Waals surface area contributed by atoms with E-state index in [1.54, 1.807) is 0 Å². The number of pyridine rings is 1. The summed E-state index contributed by atoms with van der Waals surface area (Å²) in [6.07, 6.45) is 0.660. The van der Waals surface area contributed by atoms with Gasteiger partial charge in [-0.25, -0.2) is 0 Å². The lowest BCUT2D eigenvalue weighted by molar-refractivity contribution is -0.0402. The Labute approximate surface area is 165 Å². The van der Waals surface area contributed by atoms with Gasteiger partial charge in [-0.2, -0.15) is 10.2 Å². The minimum Gasteiger partial charge on any atom is -0.472 e. The number of hydrogen-bond acceptors (Lipinski definition) is 6. The molecule has 1 aromatic heterocycles. The van der Waals surface area contributed by atoms with Crippen molar-refractivity contribution < 1.29 is 14.2 Å². The van der Waals surface area contributed by atoms with Gasteiger partial charge in [-0.05, 0) is 25.0 Å². The maximum absolute atomic E-state index is 9.90. The Hall–Kier alpha value is -2.62. The average Bonchev–Trinajstić information content (AvgIpc) is 2.72. The molecule has 3 heterocycles. The molecule has 0 bridgehead atoms. The van der Waals surface area contributed by atoms with E-state index in [2.05, 4.69) is 24.8 Å². The van der Waals surface area contributed by atoms with Crippen molar-refractivity contribution in [1.82, 2.24) is 4.98 Å². The smallest absolute Gasteiger partial charge is 0.234 e. The van der Waals surface area contributed by atoms with Crippen LogP contribution in [0.25, 0.3) is 0 Å². The molecule has 0 saturated carbocycles. The number of anilines is 1. The van der Waals surface area contributed by atoms with Crippen molar-refractivity contribution in [2.45, 2.75) is 39.1 Å². The number of fused-ring (bicyclic) bond motifs is 1. The second-order valence-electron chi connectivity index (χ2n) is 7.78. The van der Waals surface area contributed by atoms with Crippen molar-refractivity contribution in [1.29, 1.82) is 5.26 Å². The topological polar surface area (TPSA) is 67.6 Å². The van der Waals surface area contributed by atoms with Crippen LogP contribution in [0.3, 0.4) is 0 Å². The Morgan fingerprint density at radius 3 is 2.64 bits per heavy atom. The summed E-state index contributed by atoms with van der Waals surface area (Å²) < 4.78 is 17.6. The quantitative estimate of drug-likeness (QED) is 0.813. The molecule has 0 aliphatic carbocycles. The first-order chi connectivity index (χ1) is 13.6. The summed E-state index contributed by atoms with van der Waals surface area (Å²) in [4.78, 5) is 7.00. The van der Waals surface area contributed by atoms with Crippen LogP contribution in [0.2, 0.25) is 0 Å². The van der Waals surface area contributed by atoms with Crippen LogP contribution in [-0.4, -0.2) is 36.9 Å². The molecule has 0 unspecified atom stereocenters. The SMILES string of the molecule is CC1(C)Cc2c(C#N)c(OCc3ccccc3)nc(N3CCOCC3)c2CO1. The molecule has 6 heteroatoms. The fourth-order valence-corrected chi connectivity index (χ4v) is 3.71. The Balaban J connectivity index is 1.75. The molecule has 2 aliphatic heterocycles. The Morgan fingerprint density at radius 2 is 1.93 bits per heavy atom. The molecule has 2 aliphatic rings. The molecule has 0 atom stereocenters. The second-order valence-corrected chi connectivity index (χ2v) is 7.78. The Morgan fingerprint density at radius 1 is 1.18 bits per heavy atom. The summed E-state index contributed by atoms with van der Waals surface area (Å²) in [7, 11) is 0. The van der Waals surface area contributed by atoms with Crippen LogP contribution < -0.4 is 9.64 Å². The van der Waals surface area contributed by atoms with Gasteiger partial charge in [-0.3, -0.25) is 0 Å². The first-order valence-corrected chi connectivity index (χ1v) is 9.66. The van der Waals surface area contributed by atoms with Gasteiger partial charge in [0.05, 0.1) is 25.4 Å². The molecule has 4 rings (SSSR count). The summed E-state index contributed by atoms with van der Waals surface area (Å²) in [6.45, 7) is 7.82. The molecular weight excluding hydrogens is 354 g/mol. The maximum Gasteiger partial charge on any atom is 0.234 e. The number of ether oxygens (including phenoxy) is 3. The zero-order valence-electron chi connectivity index (χ0n) is 16.4. The highest BCUT2D eigenvalue weighted by Gasteiger charge is 2.34. The van der Waals surface area contributed by atoms with Gasteiger partial charge in [0.25, 0.3) is 0 Å². The van der Waals surface area contributed by atoms with Gasteiger partial charge in [0.15, 0.2) is 0 Å². The predicted octanol–water partition coefficient (Wildman–Crippen LogP) is 3.22. The summed E-state index contributed by atoms with van der Waals surface area (Å²) >= 11 is 0. The first kappa shape index (κ1) is 18.7. The van der Waals surface area contributed by atoms with Crippen LogP contribution in [0.1, 0.15) is 36.1 Å². The molecule has 1 saturated heterocycles. The van der Waals surface area contributed by atoms with Crippen LogP contribution in [0.15, 0.2) is 30.3 Å². The maximum atomic E-state index is 9.90. The predicted molar refractivity (Wildman–Crippen MR) is 105 cm³/mol. The molecule has 0 spiro atoms. The van der Waals surface area contributed by atoms with Gasteiger partial charge in [-0.15, -0.1) is 0 Å². The number of aromatic nitrogens is 1. The minimum absolute atomic E-state index is 0.321. The normalized spacial score (nSPS) is 18.2. The number of morpholine rings is 1. The van der Waals surface area contributed by atoms with E-state index >= 15 is 0 Å². The monoisotopic (exact) mass is 379 g/mol. The molecule has 0 N–H and O–H groups in total. The van der Waals surface area contributed by atoms with Crippen molar-refractivity contribution >= 4 is 5.82 Å². The van der Waals surface area contributed by atoms with Gasteiger partial charge >= 0.3 is 0 Å². The zero-order valence-corrected chi connectivity index (χ0v) is 16.4. The largest absolute Gasteiger partial charge is 0.472 e. The summed E-state index contributed by atoms with van der Waals surface area (Å²) in [6, 6.07) is 12.3. The molecule has 1 aromatic carbocycles. The number of hydrogen-bond donors (Lipinski definition) is 0. The lowest BCUT2D eigenvalue weighted by Gasteiger charge is -2.36. The molecule has 2 aromatic rings. The average molecular weight is 379 g/mol. The molecule has 0 amide bonds. The number of benzene rings is 1. The molecule has 1 fully saturated rings. The zero-order chi connectivity index (χ0) is 19.6. The highest BCUT2D eigenvalue weighted by molar-refractivity contribution is 5.61. The van der Waals surface area contributed by atoms with Gasteiger partial charge < -0.3 is 19.1 Å². The van der Waals surface area contributed by atoms with Crippen molar-refractivity contribution in [3.8, 4) is 11.9 Å².